The van der Waals surface area contributed by atoms with Crippen molar-refractivity contribution in [2.24, 2.45) is 0 Å². The molecule has 1 rings (SSSR count). The molecule has 20 heavy (non-hydrogen) atoms. The molecule has 3 N–H and O–H groups in total. The number of nitrogens with two attached hydrogens (primary N) is 1. The first-order valence-electron chi connectivity index (χ1n) is 6.35. The first-order valence-corrected chi connectivity index (χ1v) is 6.35. The van der Waals surface area contributed by atoms with Crippen molar-refractivity contribution in [2.75, 3.05) is 32.6 Å². The van der Waals surface area contributed by atoms with E-state index in [4.69, 9.17) is 15.2 Å². The van der Waals surface area contributed by atoms with Crippen LogP contribution in [0.5, 0.6) is 0 Å². The monoisotopic (exact) mass is 283 g/mol. The van der Waals surface area contributed by atoms with E-state index in [9.17, 15) is 9.59 Å². The molecule has 1 aromatic rings. The van der Waals surface area contributed by atoms with Gasteiger partial charge in [0.05, 0.1) is 12.3 Å². The van der Waals surface area contributed by atoms with Crippen molar-refractivity contribution < 1.29 is 19.1 Å². The lowest BCUT2D eigenvalue weighted by molar-refractivity contribution is -0.124. The Kier molecular flexibility index (Phi) is 6.05. The summed E-state index contributed by atoms with van der Waals surface area (Å²) in [4.78, 5) is 23.3. The molecule has 1 amide bonds. The Bertz CT molecular complexity index is 468. The van der Waals surface area contributed by atoms with Crippen LogP contribution in [0.15, 0.2) is 12.3 Å². The van der Waals surface area contributed by atoms with Gasteiger partial charge in [0, 0.05) is 25.9 Å². The number of hydrogen-bond donors (Lipinski definition) is 2. The van der Waals surface area contributed by atoms with Gasteiger partial charge >= 0.3 is 5.97 Å². The number of nitrogens with one attached hydrogen (secondary N) is 1. The first-order chi connectivity index (χ1) is 9.45. The van der Waals surface area contributed by atoms with Crippen molar-refractivity contribution in [3.8, 4) is 0 Å². The number of anilines is 1. The Morgan fingerprint density at radius 2 is 2.15 bits per heavy atom. The summed E-state index contributed by atoms with van der Waals surface area (Å²) in [5.41, 5.74) is 6.49. The van der Waals surface area contributed by atoms with Gasteiger partial charge in [0.1, 0.15) is 5.69 Å². The summed E-state index contributed by atoms with van der Waals surface area (Å²) < 4.78 is 11.5. The third kappa shape index (κ3) is 4.58. The van der Waals surface area contributed by atoms with Gasteiger partial charge in [-0.15, -0.1) is 0 Å². The highest BCUT2D eigenvalue weighted by Gasteiger charge is 2.17. The van der Waals surface area contributed by atoms with Crippen LogP contribution in [0.2, 0.25) is 0 Å². The summed E-state index contributed by atoms with van der Waals surface area (Å²) >= 11 is 0. The zero-order chi connectivity index (χ0) is 15.1. The molecular weight excluding hydrogens is 262 g/mol. The van der Waals surface area contributed by atoms with E-state index in [0.29, 0.717) is 24.5 Å². The van der Waals surface area contributed by atoms with Crippen LogP contribution in [0.4, 0.5) is 5.69 Å². The zero-order valence-electron chi connectivity index (χ0n) is 12.0. The Labute approximate surface area is 118 Å². The van der Waals surface area contributed by atoms with E-state index < -0.39 is 5.97 Å². The summed E-state index contributed by atoms with van der Waals surface area (Å²) in [5.74, 6) is -0.941. The van der Waals surface area contributed by atoms with E-state index in [1.54, 1.807) is 10.8 Å². The van der Waals surface area contributed by atoms with Crippen molar-refractivity contribution in [2.45, 2.75) is 19.9 Å². The largest absolute Gasteiger partial charge is 0.451 e. The van der Waals surface area contributed by atoms with Crippen molar-refractivity contribution in [1.29, 1.82) is 0 Å². The Morgan fingerprint density at radius 1 is 1.45 bits per heavy atom. The van der Waals surface area contributed by atoms with Gasteiger partial charge in [0.25, 0.3) is 5.91 Å². The van der Waals surface area contributed by atoms with E-state index in [1.807, 2.05) is 13.8 Å². The maximum atomic E-state index is 11.9. The van der Waals surface area contributed by atoms with E-state index in [0.717, 1.165) is 0 Å². The maximum Gasteiger partial charge on any atom is 0.355 e. The minimum absolute atomic E-state index is 0.0744. The number of ether oxygens (including phenoxy) is 2. The standard InChI is InChI=1S/C13H21N3O4/c1-9(2)16-7-10(14)6-11(16)13(18)20-8-12(17)15-4-5-19-3/h6-7,9H,4-5,8,14H2,1-3H3,(H,15,17). The van der Waals surface area contributed by atoms with Crippen LogP contribution in [0.1, 0.15) is 30.4 Å². The van der Waals surface area contributed by atoms with Gasteiger partial charge in [-0.1, -0.05) is 0 Å². The number of methoxy groups -OCH3 is 1. The number of carbonyl (C=O) groups is 2. The fourth-order valence-corrected chi connectivity index (χ4v) is 1.64. The lowest BCUT2D eigenvalue weighted by Gasteiger charge is -2.12. The molecule has 1 aromatic heterocycles. The lowest BCUT2D eigenvalue weighted by Crippen LogP contribution is -2.31. The fraction of sp³-hybridized carbons (Fsp3) is 0.538. The molecule has 0 unspecified atom stereocenters. The van der Waals surface area contributed by atoms with Crippen molar-refractivity contribution in [3.05, 3.63) is 18.0 Å². The molecule has 0 aliphatic carbocycles. The molecule has 7 nitrogen and oxygen atoms in total. The molecule has 0 fully saturated rings. The number of rotatable bonds is 7. The van der Waals surface area contributed by atoms with Gasteiger partial charge in [-0.3, -0.25) is 4.79 Å². The second kappa shape index (κ2) is 7.54. The number of esters is 1. The summed E-state index contributed by atoms with van der Waals surface area (Å²) in [6, 6.07) is 1.61. The molecule has 1 heterocycles. The van der Waals surface area contributed by atoms with Gasteiger partial charge in [0.2, 0.25) is 0 Å². The predicted molar refractivity (Wildman–Crippen MR) is 74.4 cm³/mol. The minimum atomic E-state index is -0.572. The smallest absolute Gasteiger partial charge is 0.355 e. The third-order valence-electron chi connectivity index (χ3n) is 2.60. The quantitative estimate of drug-likeness (QED) is 0.563. The Hall–Kier alpha value is -2.02. The summed E-state index contributed by atoms with van der Waals surface area (Å²) in [7, 11) is 1.54. The zero-order valence-corrected chi connectivity index (χ0v) is 12.0. The SMILES string of the molecule is COCCNC(=O)COC(=O)c1cc(N)cn1C(C)C. The molecule has 112 valence electrons. The molecule has 0 spiro atoms. The van der Waals surface area contributed by atoms with Gasteiger partial charge in [0.15, 0.2) is 6.61 Å². The van der Waals surface area contributed by atoms with Crippen LogP contribution in [0.3, 0.4) is 0 Å². The second-order valence-electron chi connectivity index (χ2n) is 4.58. The maximum absolute atomic E-state index is 11.9. The Morgan fingerprint density at radius 3 is 2.75 bits per heavy atom. The minimum Gasteiger partial charge on any atom is -0.451 e. The fourth-order valence-electron chi connectivity index (χ4n) is 1.64. The van der Waals surface area contributed by atoms with Gasteiger partial charge in [-0.25, -0.2) is 4.79 Å². The number of aromatic nitrogens is 1. The van der Waals surface area contributed by atoms with E-state index in [1.165, 1.54) is 13.2 Å². The molecule has 0 bridgehead atoms. The van der Waals surface area contributed by atoms with Crippen molar-refractivity contribution >= 4 is 17.6 Å². The molecule has 0 radical (unpaired) electrons. The Balaban J connectivity index is 2.53. The normalized spacial score (nSPS) is 10.6. The molecule has 0 aliphatic rings. The molecule has 0 atom stereocenters. The average Bonchev–Trinajstić information content (AvgIpc) is 2.78. The highest BCUT2D eigenvalue weighted by Crippen LogP contribution is 2.17. The number of nitrogens with zero attached hydrogens (tertiary/aromatic N) is 1. The van der Waals surface area contributed by atoms with Gasteiger partial charge < -0.3 is 25.1 Å². The summed E-state index contributed by atoms with van der Waals surface area (Å²) in [5, 5.41) is 2.56. The second-order valence-corrected chi connectivity index (χ2v) is 4.58. The molecule has 0 saturated carbocycles. The van der Waals surface area contributed by atoms with Crippen molar-refractivity contribution in [1.82, 2.24) is 9.88 Å². The third-order valence-corrected chi connectivity index (χ3v) is 2.60. The van der Waals surface area contributed by atoms with Crippen LogP contribution in [-0.2, 0) is 14.3 Å². The first kappa shape index (κ1) is 16.0. The van der Waals surface area contributed by atoms with Gasteiger partial charge in [-0.05, 0) is 19.9 Å². The van der Waals surface area contributed by atoms with Crippen molar-refractivity contribution in [3.63, 3.8) is 0 Å². The van der Waals surface area contributed by atoms with Gasteiger partial charge in [-0.2, -0.15) is 0 Å². The van der Waals surface area contributed by atoms with Crippen LogP contribution in [0, 0.1) is 0 Å². The predicted octanol–water partition coefficient (Wildman–Crippen LogP) is 0.571. The van der Waals surface area contributed by atoms with Crippen LogP contribution in [-0.4, -0.2) is 43.3 Å². The summed E-state index contributed by atoms with van der Waals surface area (Å²) in [6.07, 6.45) is 1.67. The van der Waals surface area contributed by atoms with E-state index >= 15 is 0 Å². The van der Waals surface area contributed by atoms with Crippen LogP contribution < -0.4 is 11.1 Å². The molecule has 0 aromatic carbocycles. The number of hydrogen-bond acceptors (Lipinski definition) is 5. The number of nitrogen functional groups attached to an aromatic ring is 1. The molecule has 0 aliphatic heterocycles. The highest BCUT2D eigenvalue weighted by atomic mass is 16.5. The lowest BCUT2D eigenvalue weighted by atomic mass is 10.3. The van der Waals surface area contributed by atoms with E-state index in [-0.39, 0.29) is 18.6 Å². The molecule has 7 heteroatoms. The molecular formula is C13H21N3O4. The topological polar surface area (TPSA) is 95.6 Å². The number of carbonyl (C=O) groups excluding carboxylic acids is 2. The number of amides is 1. The van der Waals surface area contributed by atoms with Crippen LogP contribution >= 0.6 is 0 Å². The van der Waals surface area contributed by atoms with Crippen LogP contribution in [0.25, 0.3) is 0 Å². The van der Waals surface area contributed by atoms with E-state index in [2.05, 4.69) is 5.32 Å². The highest BCUT2D eigenvalue weighted by molar-refractivity contribution is 5.91. The molecule has 0 saturated heterocycles. The summed E-state index contributed by atoms with van der Waals surface area (Å²) in [6.45, 7) is 4.31. The average molecular weight is 283 g/mol.